The molecule has 21 heavy (non-hydrogen) atoms. The van der Waals surface area contributed by atoms with Crippen molar-refractivity contribution in [2.75, 3.05) is 0 Å². The van der Waals surface area contributed by atoms with Crippen molar-refractivity contribution in [1.82, 2.24) is 4.98 Å². The number of nitrogens with zero attached hydrogens (tertiary/aromatic N) is 1. The van der Waals surface area contributed by atoms with Crippen LogP contribution in [0, 0.1) is 12.7 Å². The van der Waals surface area contributed by atoms with E-state index in [0.29, 0.717) is 5.69 Å². The Hall–Kier alpha value is -2.28. The fourth-order valence-electron chi connectivity index (χ4n) is 1.83. The number of rotatable bonds is 4. The zero-order chi connectivity index (χ0) is 15.6. The van der Waals surface area contributed by atoms with E-state index in [1.807, 2.05) is 0 Å². The molecule has 110 valence electrons. The second-order valence-corrected chi connectivity index (χ2v) is 6.44. The van der Waals surface area contributed by atoms with Gasteiger partial charge in [-0.15, -0.1) is 0 Å². The number of aromatic nitrogens is 1. The second-order valence-electron chi connectivity index (χ2n) is 4.48. The van der Waals surface area contributed by atoms with Crippen LogP contribution >= 0.6 is 0 Å². The van der Waals surface area contributed by atoms with Crippen molar-refractivity contribution in [2.45, 2.75) is 17.6 Å². The minimum atomic E-state index is -4.02. The van der Waals surface area contributed by atoms with Gasteiger partial charge in [0.1, 0.15) is 10.7 Å². The molecule has 7 heteroatoms. The molecule has 0 bridgehead atoms. The Morgan fingerprint density at radius 1 is 1.29 bits per heavy atom. The monoisotopic (exact) mass is 309 g/mol. The van der Waals surface area contributed by atoms with Crippen LogP contribution in [0.25, 0.3) is 0 Å². The molecular weight excluding hydrogens is 297 g/mol. The van der Waals surface area contributed by atoms with Gasteiger partial charge in [0.15, 0.2) is 9.84 Å². The highest BCUT2D eigenvalue weighted by Crippen LogP contribution is 2.21. The molecule has 0 unspecified atom stereocenters. The molecule has 1 aromatic carbocycles. The Bertz CT molecular complexity index is 802. The lowest BCUT2D eigenvalue weighted by molar-refractivity contribution is 0.0696. The van der Waals surface area contributed by atoms with Crippen LogP contribution in [0.5, 0.6) is 0 Å². The molecular formula is C14H12FNO4S. The number of pyridine rings is 1. The minimum Gasteiger partial charge on any atom is -0.478 e. The molecule has 1 N–H and O–H groups in total. The predicted octanol–water partition coefficient (Wildman–Crippen LogP) is 2.20. The molecule has 0 saturated carbocycles. The van der Waals surface area contributed by atoms with Gasteiger partial charge in [0, 0.05) is 5.69 Å². The number of carboxylic acids is 1. The van der Waals surface area contributed by atoms with Crippen molar-refractivity contribution in [3.63, 3.8) is 0 Å². The molecule has 0 saturated heterocycles. The molecule has 0 fully saturated rings. The summed E-state index contributed by atoms with van der Waals surface area (Å²) in [5, 5.41) is 8.86. The van der Waals surface area contributed by atoms with Gasteiger partial charge in [-0.25, -0.2) is 17.6 Å². The largest absolute Gasteiger partial charge is 0.478 e. The fourth-order valence-corrected chi connectivity index (χ4v) is 3.20. The highest BCUT2D eigenvalue weighted by Gasteiger charge is 2.22. The molecule has 1 aromatic heterocycles. The summed E-state index contributed by atoms with van der Waals surface area (Å²) in [6.45, 7) is 1.71. The van der Waals surface area contributed by atoms with E-state index < -0.39 is 32.3 Å². The first-order chi connectivity index (χ1) is 9.79. The normalized spacial score (nSPS) is 11.3. The van der Waals surface area contributed by atoms with Gasteiger partial charge in [0.05, 0.1) is 17.0 Å². The lowest BCUT2D eigenvalue weighted by atomic mass is 10.2. The van der Waals surface area contributed by atoms with Crippen LogP contribution in [0.2, 0.25) is 0 Å². The summed E-state index contributed by atoms with van der Waals surface area (Å²) in [5.41, 5.74) is 0.629. The molecule has 0 radical (unpaired) electrons. The van der Waals surface area contributed by atoms with Gasteiger partial charge in [0.2, 0.25) is 0 Å². The Morgan fingerprint density at radius 2 is 2.00 bits per heavy atom. The first kappa shape index (κ1) is 15.1. The summed E-state index contributed by atoms with van der Waals surface area (Å²) >= 11 is 0. The molecule has 0 amide bonds. The number of halogens is 1. The first-order valence-electron chi connectivity index (χ1n) is 5.98. The summed E-state index contributed by atoms with van der Waals surface area (Å²) in [6.07, 6.45) is 0. The van der Waals surface area contributed by atoms with Crippen LogP contribution in [0.3, 0.4) is 0 Å². The van der Waals surface area contributed by atoms with Crippen LogP contribution in [0.1, 0.15) is 21.7 Å². The van der Waals surface area contributed by atoms with E-state index in [1.54, 1.807) is 19.1 Å². The van der Waals surface area contributed by atoms with Crippen LogP contribution in [0.4, 0.5) is 4.39 Å². The Labute approximate surface area is 121 Å². The Kier molecular flexibility index (Phi) is 4.04. The Morgan fingerprint density at radius 3 is 2.62 bits per heavy atom. The fraction of sp³-hybridized carbons (Fsp3) is 0.143. The lowest BCUT2D eigenvalue weighted by Gasteiger charge is -2.07. The van der Waals surface area contributed by atoms with Gasteiger partial charge in [-0.2, -0.15) is 0 Å². The summed E-state index contributed by atoms with van der Waals surface area (Å²) in [6, 6.07) is 7.55. The average molecular weight is 309 g/mol. The molecule has 0 aliphatic carbocycles. The predicted molar refractivity (Wildman–Crippen MR) is 73.2 cm³/mol. The third kappa shape index (κ3) is 3.43. The smallest absolute Gasteiger partial charge is 0.335 e. The van der Waals surface area contributed by atoms with E-state index in [1.165, 1.54) is 6.07 Å². The van der Waals surface area contributed by atoms with E-state index in [4.69, 9.17) is 5.11 Å². The van der Waals surface area contributed by atoms with Crippen LogP contribution in [-0.4, -0.2) is 24.5 Å². The molecule has 1 heterocycles. The second kappa shape index (κ2) is 5.61. The standard InChI is InChI=1S/C14H12FNO4S/c1-9-3-2-4-11(16-9)8-21(19,20)13-7-10(14(17)18)5-6-12(13)15/h2-7H,8H2,1H3,(H,17,18). The van der Waals surface area contributed by atoms with Crippen molar-refractivity contribution in [2.24, 2.45) is 0 Å². The number of carboxylic acid groups (broad SMARTS) is 1. The number of carbonyl (C=O) groups is 1. The van der Waals surface area contributed by atoms with E-state index in [9.17, 15) is 17.6 Å². The number of sulfone groups is 1. The first-order valence-corrected chi connectivity index (χ1v) is 7.63. The zero-order valence-corrected chi connectivity index (χ0v) is 11.9. The maximum Gasteiger partial charge on any atom is 0.335 e. The molecule has 5 nitrogen and oxygen atoms in total. The van der Waals surface area contributed by atoms with E-state index in [0.717, 1.165) is 18.2 Å². The number of hydrogen-bond donors (Lipinski definition) is 1. The van der Waals surface area contributed by atoms with Gasteiger partial charge in [-0.05, 0) is 37.3 Å². The topological polar surface area (TPSA) is 84.3 Å². The molecule has 0 spiro atoms. The highest BCUT2D eigenvalue weighted by atomic mass is 32.2. The van der Waals surface area contributed by atoms with Gasteiger partial charge in [-0.1, -0.05) is 6.07 Å². The van der Waals surface area contributed by atoms with Gasteiger partial charge < -0.3 is 5.11 Å². The number of benzene rings is 1. The van der Waals surface area contributed by atoms with Crippen LogP contribution in [-0.2, 0) is 15.6 Å². The van der Waals surface area contributed by atoms with Gasteiger partial charge in [-0.3, -0.25) is 4.98 Å². The quantitative estimate of drug-likeness (QED) is 0.936. The number of aryl methyl sites for hydroxylation is 1. The number of hydrogen-bond acceptors (Lipinski definition) is 4. The minimum absolute atomic E-state index is 0.273. The molecule has 2 aromatic rings. The SMILES string of the molecule is Cc1cccc(CS(=O)(=O)c2cc(C(=O)O)ccc2F)n1. The molecule has 0 aliphatic rings. The van der Waals surface area contributed by atoms with Crippen molar-refractivity contribution in [3.8, 4) is 0 Å². The highest BCUT2D eigenvalue weighted by molar-refractivity contribution is 7.90. The zero-order valence-electron chi connectivity index (χ0n) is 11.1. The lowest BCUT2D eigenvalue weighted by Crippen LogP contribution is -2.10. The Balaban J connectivity index is 2.44. The third-order valence-electron chi connectivity index (χ3n) is 2.80. The van der Waals surface area contributed by atoms with Crippen LogP contribution in [0.15, 0.2) is 41.3 Å². The summed E-state index contributed by atoms with van der Waals surface area (Å²) in [5.74, 6) is -2.79. The van der Waals surface area contributed by atoms with Crippen molar-refractivity contribution in [1.29, 1.82) is 0 Å². The van der Waals surface area contributed by atoms with E-state index in [2.05, 4.69) is 4.98 Å². The summed E-state index contributed by atoms with van der Waals surface area (Å²) < 4.78 is 38.2. The van der Waals surface area contributed by atoms with Crippen molar-refractivity contribution in [3.05, 3.63) is 59.2 Å². The molecule has 0 atom stereocenters. The maximum atomic E-state index is 13.7. The maximum absolute atomic E-state index is 13.7. The van der Waals surface area contributed by atoms with Crippen molar-refractivity contribution >= 4 is 15.8 Å². The molecule has 2 rings (SSSR count). The van der Waals surface area contributed by atoms with Crippen LogP contribution < -0.4 is 0 Å². The molecule has 0 aliphatic heterocycles. The average Bonchev–Trinajstić information content (AvgIpc) is 2.38. The van der Waals surface area contributed by atoms with E-state index >= 15 is 0 Å². The third-order valence-corrected chi connectivity index (χ3v) is 4.46. The van der Waals surface area contributed by atoms with E-state index in [-0.39, 0.29) is 11.3 Å². The summed E-state index contributed by atoms with van der Waals surface area (Å²) in [4.78, 5) is 14.3. The van der Waals surface area contributed by atoms with Gasteiger partial charge >= 0.3 is 5.97 Å². The van der Waals surface area contributed by atoms with Gasteiger partial charge in [0.25, 0.3) is 0 Å². The van der Waals surface area contributed by atoms with Crippen molar-refractivity contribution < 1.29 is 22.7 Å². The number of aromatic carboxylic acids is 1. The summed E-state index contributed by atoms with van der Waals surface area (Å²) in [7, 11) is -4.02.